The molecule has 0 aromatic rings. The topological polar surface area (TPSA) is 78.9 Å². The maximum Gasteiger partial charge on any atom is 0.306 e. The van der Waals surface area contributed by atoms with Crippen LogP contribution in [0.25, 0.3) is 0 Å². The van der Waals surface area contributed by atoms with Gasteiger partial charge in [-0.1, -0.05) is 311 Å². The number of carbonyl (C=O) groups is 3. The van der Waals surface area contributed by atoms with E-state index >= 15 is 0 Å². The number of rotatable bonds is 56. The fourth-order valence-electron chi connectivity index (χ4n) is 9.55. The van der Waals surface area contributed by atoms with Crippen LogP contribution in [0.1, 0.15) is 349 Å². The van der Waals surface area contributed by atoms with Crippen molar-refractivity contribution in [2.24, 2.45) is 11.8 Å². The molecule has 68 heavy (non-hydrogen) atoms. The first kappa shape index (κ1) is 66.4. The van der Waals surface area contributed by atoms with E-state index < -0.39 is 6.10 Å². The lowest BCUT2D eigenvalue weighted by Crippen LogP contribution is -2.30. The van der Waals surface area contributed by atoms with Crippen molar-refractivity contribution in [3.8, 4) is 0 Å². The molecule has 0 rings (SSSR count). The number of esters is 3. The predicted octanol–water partition coefficient (Wildman–Crippen LogP) is 20.4. The van der Waals surface area contributed by atoms with E-state index in [0.29, 0.717) is 19.3 Å². The standard InChI is InChI=1S/C62H120O6/c1-6-8-9-10-11-12-32-37-42-47-52-60(63)66-55-59(56-67-61(64)53-48-43-38-33-28-24-21-17-18-22-26-30-35-40-45-50-57(3)4)68-62(65)54-49-44-39-34-29-25-20-16-14-13-15-19-23-27-31-36-41-46-51-58(5)7-2/h57-59H,6-56H2,1-5H3/t58?,59-/m1/s1. The van der Waals surface area contributed by atoms with E-state index in [1.807, 2.05) is 0 Å². The molecule has 0 amide bonds. The van der Waals surface area contributed by atoms with Gasteiger partial charge in [-0.05, 0) is 31.1 Å². The zero-order valence-electron chi connectivity index (χ0n) is 46.7. The molecule has 6 nitrogen and oxygen atoms in total. The Kier molecular flexibility index (Phi) is 53.5. The van der Waals surface area contributed by atoms with Gasteiger partial charge >= 0.3 is 17.9 Å². The summed E-state index contributed by atoms with van der Waals surface area (Å²) in [6, 6.07) is 0. The number of ether oxygens (including phenoxy) is 3. The van der Waals surface area contributed by atoms with Crippen LogP contribution < -0.4 is 0 Å². The van der Waals surface area contributed by atoms with Gasteiger partial charge in [0.05, 0.1) is 0 Å². The number of hydrogen-bond donors (Lipinski definition) is 0. The average molecular weight is 962 g/mol. The van der Waals surface area contributed by atoms with Crippen LogP contribution in [-0.4, -0.2) is 37.2 Å². The fourth-order valence-corrected chi connectivity index (χ4v) is 9.55. The highest BCUT2D eigenvalue weighted by molar-refractivity contribution is 5.71. The summed E-state index contributed by atoms with van der Waals surface area (Å²) < 4.78 is 16.9. The summed E-state index contributed by atoms with van der Waals surface area (Å²) in [5.74, 6) is 0.922. The van der Waals surface area contributed by atoms with Crippen LogP contribution in [0.4, 0.5) is 0 Å². The summed E-state index contributed by atoms with van der Waals surface area (Å²) in [5.41, 5.74) is 0. The first-order valence-electron chi connectivity index (χ1n) is 30.8. The van der Waals surface area contributed by atoms with Crippen LogP contribution in [0.3, 0.4) is 0 Å². The number of unbranched alkanes of at least 4 members (excludes halogenated alkanes) is 40. The Balaban J connectivity index is 4.20. The molecule has 0 radical (unpaired) electrons. The molecule has 0 heterocycles. The van der Waals surface area contributed by atoms with Crippen LogP contribution >= 0.6 is 0 Å². The molecular formula is C62H120O6. The number of carbonyl (C=O) groups excluding carboxylic acids is 3. The summed E-state index contributed by atoms with van der Waals surface area (Å²) in [4.78, 5) is 38.1. The molecule has 0 aliphatic heterocycles. The van der Waals surface area contributed by atoms with Crippen molar-refractivity contribution in [3.05, 3.63) is 0 Å². The maximum absolute atomic E-state index is 12.9. The minimum atomic E-state index is -0.762. The van der Waals surface area contributed by atoms with E-state index in [1.165, 1.54) is 238 Å². The zero-order valence-corrected chi connectivity index (χ0v) is 46.7. The maximum atomic E-state index is 12.9. The highest BCUT2D eigenvalue weighted by atomic mass is 16.6. The van der Waals surface area contributed by atoms with Crippen molar-refractivity contribution >= 4 is 17.9 Å². The van der Waals surface area contributed by atoms with Gasteiger partial charge in [-0.25, -0.2) is 0 Å². The van der Waals surface area contributed by atoms with Gasteiger partial charge in [0.25, 0.3) is 0 Å². The lowest BCUT2D eigenvalue weighted by molar-refractivity contribution is -0.167. The van der Waals surface area contributed by atoms with E-state index in [0.717, 1.165) is 69.6 Å². The molecule has 0 aromatic carbocycles. The largest absolute Gasteiger partial charge is 0.462 e. The van der Waals surface area contributed by atoms with Crippen LogP contribution in [0.5, 0.6) is 0 Å². The Hall–Kier alpha value is -1.59. The smallest absolute Gasteiger partial charge is 0.306 e. The minimum Gasteiger partial charge on any atom is -0.462 e. The fraction of sp³-hybridized carbons (Fsp3) is 0.952. The van der Waals surface area contributed by atoms with Gasteiger partial charge in [-0.3, -0.25) is 14.4 Å². The Labute approximate surface area is 425 Å². The van der Waals surface area contributed by atoms with Gasteiger partial charge in [-0.15, -0.1) is 0 Å². The van der Waals surface area contributed by atoms with Crippen molar-refractivity contribution < 1.29 is 28.6 Å². The van der Waals surface area contributed by atoms with E-state index in [1.54, 1.807) is 0 Å². The number of hydrogen-bond acceptors (Lipinski definition) is 6. The third-order valence-electron chi connectivity index (χ3n) is 14.6. The van der Waals surface area contributed by atoms with Crippen molar-refractivity contribution in [2.75, 3.05) is 13.2 Å². The second kappa shape index (κ2) is 54.7. The average Bonchev–Trinajstić information content (AvgIpc) is 3.32. The Morgan fingerprint density at radius 2 is 0.559 bits per heavy atom. The summed E-state index contributed by atoms with van der Waals surface area (Å²) in [6.07, 6.45) is 59.6. The van der Waals surface area contributed by atoms with Gasteiger partial charge in [0.1, 0.15) is 13.2 Å². The van der Waals surface area contributed by atoms with Crippen molar-refractivity contribution in [2.45, 2.75) is 355 Å². The third-order valence-corrected chi connectivity index (χ3v) is 14.6. The quantitative estimate of drug-likeness (QED) is 0.0343. The minimum absolute atomic E-state index is 0.0623. The lowest BCUT2D eigenvalue weighted by Gasteiger charge is -2.18. The summed E-state index contributed by atoms with van der Waals surface area (Å²) in [7, 11) is 0. The summed E-state index contributed by atoms with van der Waals surface area (Å²) >= 11 is 0. The Morgan fingerprint density at radius 3 is 0.838 bits per heavy atom. The van der Waals surface area contributed by atoms with Crippen LogP contribution in [-0.2, 0) is 28.6 Å². The zero-order chi connectivity index (χ0) is 49.6. The van der Waals surface area contributed by atoms with Crippen molar-refractivity contribution in [1.29, 1.82) is 0 Å². The highest BCUT2D eigenvalue weighted by Gasteiger charge is 2.19. The summed E-state index contributed by atoms with van der Waals surface area (Å²) in [5, 5.41) is 0. The van der Waals surface area contributed by atoms with E-state index in [2.05, 4.69) is 34.6 Å². The molecule has 0 aromatic heterocycles. The van der Waals surface area contributed by atoms with Gasteiger partial charge in [0, 0.05) is 19.3 Å². The van der Waals surface area contributed by atoms with Crippen molar-refractivity contribution in [1.82, 2.24) is 0 Å². The molecule has 404 valence electrons. The lowest BCUT2D eigenvalue weighted by atomic mass is 9.99. The first-order valence-corrected chi connectivity index (χ1v) is 30.8. The van der Waals surface area contributed by atoms with Gasteiger partial charge < -0.3 is 14.2 Å². The molecule has 0 N–H and O–H groups in total. The van der Waals surface area contributed by atoms with Gasteiger partial charge in [-0.2, -0.15) is 0 Å². The molecule has 6 heteroatoms. The molecule has 0 aliphatic rings. The molecule has 2 atom stereocenters. The normalized spacial score (nSPS) is 12.4. The molecule has 0 saturated heterocycles. The molecule has 0 fully saturated rings. The van der Waals surface area contributed by atoms with Crippen LogP contribution in [0.2, 0.25) is 0 Å². The Bertz CT molecular complexity index is 1040. The van der Waals surface area contributed by atoms with Gasteiger partial charge in [0.2, 0.25) is 0 Å². The van der Waals surface area contributed by atoms with Crippen LogP contribution in [0.15, 0.2) is 0 Å². The van der Waals surface area contributed by atoms with Crippen molar-refractivity contribution in [3.63, 3.8) is 0 Å². The SMILES string of the molecule is CCCCCCCCCCCCC(=O)OC[C@H](COC(=O)CCCCCCCCCCCCCCCCCC(C)C)OC(=O)CCCCCCCCCCCCCCCCCCCCC(C)CC. The van der Waals surface area contributed by atoms with E-state index in [-0.39, 0.29) is 31.1 Å². The second-order valence-corrected chi connectivity index (χ2v) is 22.1. The molecule has 0 saturated carbocycles. The Morgan fingerprint density at radius 1 is 0.309 bits per heavy atom. The van der Waals surface area contributed by atoms with E-state index in [9.17, 15) is 14.4 Å². The van der Waals surface area contributed by atoms with Gasteiger partial charge in [0.15, 0.2) is 6.10 Å². The third kappa shape index (κ3) is 53.8. The first-order chi connectivity index (χ1) is 33.3. The molecule has 0 aliphatic carbocycles. The molecule has 1 unspecified atom stereocenters. The second-order valence-electron chi connectivity index (χ2n) is 22.1. The molecular weight excluding hydrogens is 841 g/mol. The molecule has 0 spiro atoms. The summed E-state index contributed by atoms with van der Waals surface area (Å²) in [6.45, 7) is 11.5. The molecule has 0 bridgehead atoms. The van der Waals surface area contributed by atoms with Crippen LogP contribution in [0, 0.1) is 11.8 Å². The highest BCUT2D eigenvalue weighted by Crippen LogP contribution is 2.19. The predicted molar refractivity (Wildman–Crippen MR) is 293 cm³/mol. The van der Waals surface area contributed by atoms with E-state index in [4.69, 9.17) is 14.2 Å². The monoisotopic (exact) mass is 961 g/mol.